The Morgan fingerprint density at radius 1 is 1.22 bits per heavy atom. The van der Waals surface area contributed by atoms with Gasteiger partial charge in [0.15, 0.2) is 0 Å². The Bertz CT molecular complexity index is 962. The molecule has 3 heterocycles. The van der Waals surface area contributed by atoms with Crippen LogP contribution in [0.2, 0.25) is 0 Å². The molecule has 1 aromatic carbocycles. The first-order valence-electron chi connectivity index (χ1n) is 8.90. The molecular formula is C20H20N4O3. The molecule has 1 fully saturated rings. The van der Waals surface area contributed by atoms with Gasteiger partial charge in [0.25, 0.3) is 5.91 Å². The first kappa shape index (κ1) is 17.2. The largest absolute Gasteiger partial charge is 0.508 e. The van der Waals surface area contributed by atoms with E-state index in [4.69, 9.17) is 9.51 Å². The number of carbonyl (C=O) groups is 1. The predicted octanol–water partition coefficient (Wildman–Crippen LogP) is 3.43. The average Bonchev–Trinajstić information content (AvgIpc) is 3.29. The zero-order valence-corrected chi connectivity index (χ0v) is 15.2. The van der Waals surface area contributed by atoms with Gasteiger partial charge in [-0.1, -0.05) is 5.16 Å². The molecular weight excluding hydrogens is 344 g/mol. The quantitative estimate of drug-likeness (QED) is 0.765. The molecule has 1 aliphatic heterocycles. The molecule has 7 nitrogen and oxygen atoms in total. The van der Waals surface area contributed by atoms with E-state index in [2.05, 4.69) is 10.1 Å². The van der Waals surface area contributed by atoms with Crippen molar-refractivity contribution in [3.8, 4) is 17.0 Å². The molecule has 0 spiro atoms. The number of aromatic hydroxyl groups is 1. The fourth-order valence-corrected chi connectivity index (χ4v) is 3.60. The van der Waals surface area contributed by atoms with E-state index in [9.17, 15) is 9.90 Å². The van der Waals surface area contributed by atoms with Crippen LogP contribution in [0.15, 0.2) is 41.2 Å². The molecule has 0 aliphatic carbocycles. The molecule has 1 N–H and O–H groups in total. The Kier molecular flexibility index (Phi) is 4.35. The van der Waals surface area contributed by atoms with Gasteiger partial charge in [-0.25, -0.2) is 4.98 Å². The predicted molar refractivity (Wildman–Crippen MR) is 98.1 cm³/mol. The maximum absolute atomic E-state index is 12.9. The van der Waals surface area contributed by atoms with Crippen molar-refractivity contribution < 1.29 is 14.4 Å². The van der Waals surface area contributed by atoms with Gasteiger partial charge in [-0.05, 0) is 51.0 Å². The number of rotatable bonds is 3. The summed E-state index contributed by atoms with van der Waals surface area (Å²) in [5.41, 5.74) is 3.63. The van der Waals surface area contributed by atoms with Crippen molar-refractivity contribution in [2.75, 3.05) is 6.54 Å². The van der Waals surface area contributed by atoms with Crippen LogP contribution in [0.4, 0.5) is 0 Å². The zero-order chi connectivity index (χ0) is 19.0. The number of aryl methyl sites for hydroxylation is 2. The monoisotopic (exact) mass is 364 g/mol. The Labute approximate surface area is 156 Å². The average molecular weight is 364 g/mol. The lowest BCUT2D eigenvalue weighted by atomic mass is 10.1. The van der Waals surface area contributed by atoms with Gasteiger partial charge in [0.2, 0.25) is 0 Å². The number of hydrogen-bond acceptors (Lipinski definition) is 6. The van der Waals surface area contributed by atoms with E-state index in [0.29, 0.717) is 23.6 Å². The molecule has 0 unspecified atom stereocenters. The van der Waals surface area contributed by atoms with E-state index in [1.165, 1.54) is 12.1 Å². The van der Waals surface area contributed by atoms with Gasteiger partial charge >= 0.3 is 0 Å². The highest BCUT2D eigenvalue weighted by Crippen LogP contribution is 2.33. The third kappa shape index (κ3) is 3.16. The second-order valence-corrected chi connectivity index (χ2v) is 6.73. The molecule has 1 atom stereocenters. The number of phenols is 1. The lowest BCUT2D eigenvalue weighted by Crippen LogP contribution is -2.31. The van der Waals surface area contributed by atoms with E-state index in [0.717, 1.165) is 29.8 Å². The molecule has 7 heteroatoms. The number of nitrogens with zero attached hydrogens (tertiary/aromatic N) is 4. The van der Waals surface area contributed by atoms with Gasteiger partial charge in [-0.15, -0.1) is 0 Å². The molecule has 4 rings (SSSR count). The molecule has 0 bridgehead atoms. The van der Waals surface area contributed by atoms with E-state index < -0.39 is 0 Å². The van der Waals surface area contributed by atoms with E-state index in [1.807, 2.05) is 18.7 Å². The van der Waals surface area contributed by atoms with Gasteiger partial charge in [0.05, 0.1) is 41.1 Å². The summed E-state index contributed by atoms with van der Waals surface area (Å²) in [6.45, 7) is 4.39. The third-order valence-electron chi connectivity index (χ3n) is 4.91. The molecule has 0 saturated carbocycles. The van der Waals surface area contributed by atoms with Crippen molar-refractivity contribution in [1.29, 1.82) is 0 Å². The standard InChI is InChI=1S/C20H20N4O3/c1-12-19(13(2)27-23-12)17-11-21-10-16(22-17)18-4-3-9-24(18)20(26)14-5-7-15(25)8-6-14/h5-8,10-11,18,25H,3-4,9H2,1-2H3/t18-/m0/s1. The minimum Gasteiger partial charge on any atom is -0.508 e. The summed E-state index contributed by atoms with van der Waals surface area (Å²) in [5, 5.41) is 13.4. The number of hydrogen-bond donors (Lipinski definition) is 1. The van der Waals surface area contributed by atoms with Crippen molar-refractivity contribution in [3.05, 3.63) is 59.4 Å². The van der Waals surface area contributed by atoms with Crippen molar-refractivity contribution in [2.45, 2.75) is 32.7 Å². The first-order valence-corrected chi connectivity index (χ1v) is 8.90. The van der Waals surface area contributed by atoms with Gasteiger partial charge in [-0.2, -0.15) is 0 Å². The molecule has 27 heavy (non-hydrogen) atoms. The van der Waals surface area contributed by atoms with Crippen LogP contribution < -0.4 is 0 Å². The number of carbonyl (C=O) groups excluding carboxylic acids is 1. The summed E-state index contributed by atoms with van der Waals surface area (Å²) in [5.74, 6) is 0.770. The second-order valence-electron chi connectivity index (χ2n) is 6.73. The van der Waals surface area contributed by atoms with Crippen LogP contribution in [0.3, 0.4) is 0 Å². The van der Waals surface area contributed by atoms with Gasteiger partial charge < -0.3 is 14.5 Å². The van der Waals surface area contributed by atoms with Crippen LogP contribution in [-0.4, -0.2) is 37.6 Å². The molecule has 1 amide bonds. The Balaban J connectivity index is 1.65. The van der Waals surface area contributed by atoms with Gasteiger partial charge in [0, 0.05) is 12.1 Å². The lowest BCUT2D eigenvalue weighted by Gasteiger charge is -2.24. The van der Waals surface area contributed by atoms with Gasteiger partial charge in [-0.3, -0.25) is 9.78 Å². The highest BCUT2D eigenvalue weighted by atomic mass is 16.5. The van der Waals surface area contributed by atoms with Crippen LogP contribution in [0.25, 0.3) is 11.3 Å². The van der Waals surface area contributed by atoms with Crippen LogP contribution in [0.5, 0.6) is 5.75 Å². The first-order chi connectivity index (χ1) is 13.0. The fourth-order valence-electron chi connectivity index (χ4n) is 3.60. The summed E-state index contributed by atoms with van der Waals surface area (Å²) in [6, 6.07) is 6.20. The van der Waals surface area contributed by atoms with Crippen molar-refractivity contribution in [2.24, 2.45) is 0 Å². The van der Waals surface area contributed by atoms with Crippen LogP contribution in [0, 0.1) is 13.8 Å². The molecule has 0 radical (unpaired) electrons. The lowest BCUT2D eigenvalue weighted by molar-refractivity contribution is 0.0732. The third-order valence-corrected chi connectivity index (χ3v) is 4.91. The van der Waals surface area contributed by atoms with Crippen LogP contribution in [0.1, 0.15) is 46.4 Å². The Morgan fingerprint density at radius 3 is 2.70 bits per heavy atom. The smallest absolute Gasteiger partial charge is 0.254 e. The Hall–Kier alpha value is -3.22. The van der Waals surface area contributed by atoms with E-state index in [1.54, 1.807) is 24.5 Å². The SMILES string of the molecule is Cc1noc(C)c1-c1cncc([C@@H]2CCCN2C(=O)c2ccc(O)cc2)n1. The number of benzene rings is 1. The topological polar surface area (TPSA) is 92.4 Å². The minimum atomic E-state index is -0.126. The van der Waals surface area contributed by atoms with Crippen LogP contribution in [-0.2, 0) is 0 Å². The normalized spacial score (nSPS) is 16.7. The van der Waals surface area contributed by atoms with Crippen molar-refractivity contribution in [3.63, 3.8) is 0 Å². The number of phenolic OH excluding ortho intramolecular Hbond substituents is 1. The maximum atomic E-state index is 12.9. The zero-order valence-electron chi connectivity index (χ0n) is 15.2. The highest BCUT2D eigenvalue weighted by molar-refractivity contribution is 5.94. The van der Waals surface area contributed by atoms with Gasteiger partial charge in [0.1, 0.15) is 11.5 Å². The van der Waals surface area contributed by atoms with E-state index in [-0.39, 0.29) is 17.7 Å². The van der Waals surface area contributed by atoms with E-state index >= 15 is 0 Å². The molecule has 2 aromatic heterocycles. The second kappa shape index (κ2) is 6.83. The number of amides is 1. The minimum absolute atomic E-state index is 0.0676. The molecule has 138 valence electrons. The van der Waals surface area contributed by atoms with Crippen LogP contribution >= 0.6 is 0 Å². The molecule has 1 saturated heterocycles. The summed E-state index contributed by atoms with van der Waals surface area (Å²) in [4.78, 5) is 23.9. The summed E-state index contributed by atoms with van der Waals surface area (Å²) in [7, 11) is 0. The summed E-state index contributed by atoms with van der Waals surface area (Å²) >= 11 is 0. The Morgan fingerprint density at radius 2 is 2.00 bits per heavy atom. The fraction of sp³-hybridized carbons (Fsp3) is 0.300. The van der Waals surface area contributed by atoms with Crippen molar-refractivity contribution in [1.82, 2.24) is 20.0 Å². The maximum Gasteiger partial charge on any atom is 0.254 e. The number of likely N-dealkylation sites (tertiary alicyclic amines) is 1. The summed E-state index contributed by atoms with van der Waals surface area (Å²) < 4.78 is 5.24. The summed E-state index contributed by atoms with van der Waals surface area (Å²) in [6.07, 6.45) is 5.15. The van der Waals surface area contributed by atoms with Crippen molar-refractivity contribution >= 4 is 5.91 Å². The molecule has 3 aromatic rings. The molecule has 1 aliphatic rings. The highest BCUT2D eigenvalue weighted by Gasteiger charge is 2.32. The number of aromatic nitrogens is 3.